The van der Waals surface area contributed by atoms with Gasteiger partial charge in [0, 0.05) is 19.5 Å². The zero-order valence-electron chi connectivity index (χ0n) is 13.5. The molecule has 0 aliphatic carbocycles. The number of para-hydroxylation sites is 1. The quantitative estimate of drug-likeness (QED) is 0.749. The Morgan fingerprint density at radius 2 is 1.96 bits per heavy atom. The first kappa shape index (κ1) is 18.5. The van der Waals surface area contributed by atoms with Crippen LogP contribution < -0.4 is 10.1 Å². The second kappa shape index (κ2) is 8.77. The highest BCUT2D eigenvalue weighted by atomic mass is 16.5. The van der Waals surface area contributed by atoms with Crippen molar-refractivity contribution in [3.05, 3.63) is 29.8 Å². The summed E-state index contributed by atoms with van der Waals surface area (Å²) in [4.78, 5) is 35.5. The standard InChI is InChI=1S/C16H22N2O5/c1-4-23-14-8-6-5-7-12(14)13(17-11(2)19)9-15(20)18(3)10-16(21)22/h5-8,13H,4,9-10H2,1-3H3,(H,17,19)(H,21,22). The molecular formula is C16H22N2O5. The van der Waals surface area contributed by atoms with Crippen LogP contribution in [0.4, 0.5) is 0 Å². The summed E-state index contributed by atoms with van der Waals surface area (Å²) in [6.45, 7) is 3.27. The van der Waals surface area contributed by atoms with Gasteiger partial charge < -0.3 is 20.1 Å². The molecule has 0 fully saturated rings. The summed E-state index contributed by atoms with van der Waals surface area (Å²) >= 11 is 0. The number of carboxylic acids is 1. The Labute approximate surface area is 135 Å². The molecule has 1 aromatic rings. The van der Waals surface area contributed by atoms with E-state index in [9.17, 15) is 14.4 Å². The number of rotatable bonds is 8. The third kappa shape index (κ3) is 5.98. The van der Waals surface area contributed by atoms with Gasteiger partial charge in [0.1, 0.15) is 12.3 Å². The summed E-state index contributed by atoms with van der Waals surface area (Å²) in [5.74, 6) is -1.17. The van der Waals surface area contributed by atoms with Crippen LogP contribution in [0.3, 0.4) is 0 Å². The van der Waals surface area contributed by atoms with Crippen molar-refractivity contribution in [3.8, 4) is 5.75 Å². The van der Waals surface area contributed by atoms with Crippen LogP contribution in [0.2, 0.25) is 0 Å². The van der Waals surface area contributed by atoms with Crippen LogP contribution in [0.25, 0.3) is 0 Å². The van der Waals surface area contributed by atoms with Crippen LogP contribution in [-0.4, -0.2) is 48.0 Å². The molecule has 23 heavy (non-hydrogen) atoms. The van der Waals surface area contributed by atoms with Crippen molar-refractivity contribution in [3.63, 3.8) is 0 Å². The van der Waals surface area contributed by atoms with Crippen molar-refractivity contribution in [2.24, 2.45) is 0 Å². The minimum Gasteiger partial charge on any atom is -0.494 e. The highest BCUT2D eigenvalue weighted by molar-refractivity contribution is 5.82. The summed E-state index contributed by atoms with van der Waals surface area (Å²) in [5.41, 5.74) is 0.682. The first-order valence-electron chi connectivity index (χ1n) is 7.29. The maximum atomic E-state index is 12.2. The van der Waals surface area contributed by atoms with Gasteiger partial charge in [-0.1, -0.05) is 18.2 Å². The Balaban J connectivity index is 2.99. The minimum atomic E-state index is -1.09. The maximum Gasteiger partial charge on any atom is 0.323 e. The van der Waals surface area contributed by atoms with Crippen molar-refractivity contribution in [2.75, 3.05) is 20.2 Å². The molecule has 1 atom stereocenters. The zero-order chi connectivity index (χ0) is 17.4. The molecule has 0 bridgehead atoms. The van der Waals surface area contributed by atoms with Crippen molar-refractivity contribution in [1.29, 1.82) is 0 Å². The monoisotopic (exact) mass is 322 g/mol. The predicted octanol–water partition coefficient (Wildman–Crippen LogP) is 1.20. The van der Waals surface area contributed by atoms with Gasteiger partial charge in [0.05, 0.1) is 19.1 Å². The molecule has 0 saturated heterocycles. The van der Waals surface area contributed by atoms with E-state index in [-0.39, 0.29) is 18.2 Å². The number of nitrogens with zero attached hydrogens (tertiary/aromatic N) is 1. The molecule has 0 saturated carbocycles. The van der Waals surface area contributed by atoms with E-state index in [1.165, 1.54) is 14.0 Å². The summed E-state index contributed by atoms with van der Waals surface area (Å²) in [7, 11) is 1.41. The lowest BCUT2D eigenvalue weighted by Crippen LogP contribution is -2.36. The number of amides is 2. The first-order chi connectivity index (χ1) is 10.8. The lowest BCUT2D eigenvalue weighted by molar-refractivity contribution is -0.143. The lowest BCUT2D eigenvalue weighted by atomic mass is 10.0. The third-order valence-corrected chi connectivity index (χ3v) is 3.15. The van der Waals surface area contributed by atoms with Crippen LogP contribution in [0.1, 0.15) is 31.9 Å². The lowest BCUT2D eigenvalue weighted by Gasteiger charge is -2.23. The van der Waals surface area contributed by atoms with Crippen molar-refractivity contribution >= 4 is 17.8 Å². The van der Waals surface area contributed by atoms with Gasteiger partial charge in [0.15, 0.2) is 0 Å². The number of benzene rings is 1. The second-order valence-electron chi connectivity index (χ2n) is 5.07. The molecule has 0 aliphatic heterocycles. The Morgan fingerprint density at radius 1 is 1.30 bits per heavy atom. The Hall–Kier alpha value is -2.57. The molecule has 0 aromatic heterocycles. The molecule has 0 spiro atoms. The highest BCUT2D eigenvalue weighted by Crippen LogP contribution is 2.27. The van der Waals surface area contributed by atoms with Gasteiger partial charge in [-0.15, -0.1) is 0 Å². The highest BCUT2D eigenvalue weighted by Gasteiger charge is 2.23. The predicted molar refractivity (Wildman–Crippen MR) is 84.1 cm³/mol. The van der Waals surface area contributed by atoms with Gasteiger partial charge in [0.25, 0.3) is 0 Å². The fraction of sp³-hybridized carbons (Fsp3) is 0.438. The summed E-state index contributed by atoms with van der Waals surface area (Å²) in [6, 6.07) is 6.55. The van der Waals surface area contributed by atoms with Gasteiger partial charge in [-0.05, 0) is 13.0 Å². The van der Waals surface area contributed by atoms with E-state index in [2.05, 4.69) is 5.32 Å². The molecule has 7 nitrogen and oxygen atoms in total. The number of aliphatic carboxylic acids is 1. The molecular weight excluding hydrogens is 300 g/mol. The molecule has 7 heteroatoms. The summed E-state index contributed by atoms with van der Waals surface area (Å²) in [6.07, 6.45) is -0.0482. The molecule has 0 heterocycles. The summed E-state index contributed by atoms with van der Waals surface area (Å²) < 4.78 is 5.54. The topological polar surface area (TPSA) is 95.9 Å². The fourth-order valence-corrected chi connectivity index (χ4v) is 2.16. The van der Waals surface area contributed by atoms with E-state index in [0.717, 1.165) is 4.90 Å². The van der Waals surface area contributed by atoms with E-state index in [1.807, 2.05) is 6.92 Å². The zero-order valence-corrected chi connectivity index (χ0v) is 13.5. The number of nitrogens with one attached hydrogen (secondary N) is 1. The number of carbonyl (C=O) groups excluding carboxylic acids is 2. The van der Waals surface area contributed by atoms with E-state index in [4.69, 9.17) is 9.84 Å². The molecule has 126 valence electrons. The van der Waals surface area contributed by atoms with E-state index in [1.54, 1.807) is 24.3 Å². The van der Waals surface area contributed by atoms with Crippen LogP contribution in [0, 0.1) is 0 Å². The molecule has 1 rings (SSSR count). The number of ether oxygens (including phenoxy) is 1. The third-order valence-electron chi connectivity index (χ3n) is 3.15. The van der Waals surface area contributed by atoms with Crippen molar-refractivity contribution in [2.45, 2.75) is 26.3 Å². The summed E-state index contributed by atoms with van der Waals surface area (Å²) in [5, 5.41) is 11.5. The second-order valence-corrected chi connectivity index (χ2v) is 5.07. The average Bonchev–Trinajstić information content (AvgIpc) is 2.46. The van der Waals surface area contributed by atoms with Crippen molar-refractivity contribution < 1.29 is 24.2 Å². The average molecular weight is 322 g/mol. The number of hydrogen-bond donors (Lipinski definition) is 2. The Bertz CT molecular complexity index is 573. The van der Waals surface area contributed by atoms with Gasteiger partial charge in [0.2, 0.25) is 11.8 Å². The van der Waals surface area contributed by atoms with Crippen LogP contribution in [-0.2, 0) is 14.4 Å². The van der Waals surface area contributed by atoms with Gasteiger partial charge in [-0.25, -0.2) is 0 Å². The molecule has 1 aromatic carbocycles. The Kier molecular flexibility index (Phi) is 7.05. The van der Waals surface area contributed by atoms with E-state index in [0.29, 0.717) is 17.9 Å². The minimum absolute atomic E-state index is 0.0482. The van der Waals surface area contributed by atoms with E-state index >= 15 is 0 Å². The molecule has 2 N–H and O–H groups in total. The number of likely N-dealkylation sites (N-methyl/N-ethyl adjacent to an activating group) is 1. The van der Waals surface area contributed by atoms with Crippen LogP contribution in [0.15, 0.2) is 24.3 Å². The van der Waals surface area contributed by atoms with Gasteiger partial charge in [-0.2, -0.15) is 0 Å². The molecule has 2 amide bonds. The van der Waals surface area contributed by atoms with Gasteiger partial charge in [-0.3, -0.25) is 14.4 Å². The van der Waals surface area contributed by atoms with E-state index < -0.39 is 18.6 Å². The SMILES string of the molecule is CCOc1ccccc1C(CC(=O)N(C)CC(=O)O)NC(C)=O. The van der Waals surface area contributed by atoms with Crippen molar-refractivity contribution in [1.82, 2.24) is 10.2 Å². The van der Waals surface area contributed by atoms with Crippen LogP contribution >= 0.6 is 0 Å². The fourth-order valence-electron chi connectivity index (χ4n) is 2.16. The Morgan fingerprint density at radius 3 is 2.52 bits per heavy atom. The molecule has 0 radical (unpaired) electrons. The molecule has 0 aliphatic rings. The van der Waals surface area contributed by atoms with Gasteiger partial charge >= 0.3 is 5.97 Å². The number of hydrogen-bond acceptors (Lipinski definition) is 4. The normalized spacial score (nSPS) is 11.4. The molecule has 1 unspecified atom stereocenters. The largest absolute Gasteiger partial charge is 0.494 e. The smallest absolute Gasteiger partial charge is 0.323 e. The number of carboxylic acid groups (broad SMARTS) is 1. The maximum absolute atomic E-state index is 12.2. The first-order valence-corrected chi connectivity index (χ1v) is 7.29. The number of carbonyl (C=O) groups is 3. The van der Waals surface area contributed by atoms with Crippen LogP contribution in [0.5, 0.6) is 5.75 Å².